The second-order valence-corrected chi connectivity index (χ2v) is 6.26. The Morgan fingerprint density at radius 2 is 2.12 bits per heavy atom. The van der Waals surface area contributed by atoms with Crippen molar-refractivity contribution >= 4 is 27.7 Å². The molecule has 2 rings (SSSR count). The summed E-state index contributed by atoms with van der Waals surface area (Å²) >= 11 is 3.50. The lowest BCUT2D eigenvalue weighted by atomic mass is 9.85. The van der Waals surface area contributed by atoms with Crippen LogP contribution < -0.4 is 10.6 Å². The molecule has 0 saturated carbocycles. The van der Waals surface area contributed by atoms with Crippen LogP contribution in [0.15, 0.2) is 10.7 Å². The van der Waals surface area contributed by atoms with Gasteiger partial charge in [-0.3, -0.25) is 0 Å². The molecule has 0 aliphatic carbocycles. The summed E-state index contributed by atoms with van der Waals surface area (Å²) in [6.45, 7) is 6.74. The number of anilines is 2. The van der Waals surface area contributed by atoms with Crippen LogP contribution in [0.5, 0.6) is 0 Å². The van der Waals surface area contributed by atoms with Gasteiger partial charge >= 0.3 is 0 Å². The predicted octanol–water partition coefficient (Wildman–Crippen LogP) is 2.84. The lowest BCUT2D eigenvalue weighted by Crippen LogP contribution is -2.26. The van der Waals surface area contributed by atoms with Crippen LogP contribution in [-0.4, -0.2) is 23.1 Å². The second-order valence-electron chi connectivity index (χ2n) is 5.40. The zero-order valence-corrected chi connectivity index (χ0v) is 12.0. The Morgan fingerprint density at radius 3 is 2.88 bits per heavy atom. The van der Waals surface area contributed by atoms with Gasteiger partial charge in [-0.1, -0.05) is 13.8 Å². The van der Waals surface area contributed by atoms with Crippen molar-refractivity contribution in [3.8, 4) is 0 Å². The van der Waals surface area contributed by atoms with Crippen LogP contribution in [0.1, 0.15) is 33.1 Å². The molecule has 1 fully saturated rings. The van der Waals surface area contributed by atoms with Gasteiger partial charge in [-0.15, -0.1) is 0 Å². The highest BCUT2D eigenvalue weighted by molar-refractivity contribution is 9.10. The Bertz CT molecular complexity index is 405. The van der Waals surface area contributed by atoms with Crippen molar-refractivity contribution in [2.45, 2.75) is 33.1 Å². The molecule has 5 heteroatoms. The summed E-state index contributed by atoms with van der Waals surface area (Å²) in [6.07, 6.45) is 5.38. The lowest BCUT2D eigenvalue weighted by Gasteiger charge is -2.24. The monoisotopic (exact) mass is 298 g/mol. The molecule has 0 atom stereocenters. The molecular formula is C12H19BrN4. The average Bonchev–Trinajstić information content (AvgIpc) is 2.43. The van der Waals surface area contributed by atoms with Crippen molar-refractivity contribution in [1.29, 1.82) is 0 Å². The van der Waals surface area contributed by atoms with Crippen molar-refractivity contribution in [3.05, 3.63) is 10.7 Å². The van der Waals surface area contributed by atoms with Crippen molar-refractivity contribution < 1.29 is 0 Å². The van der Waals surface area contributed by atoms with Crippen LogP contribution >= 0.6 is 15.9 Å². The molecule has 1 aliphatic heterocycles. The molecule has 0 unspecified atom stereocenters. The summed E-state index contributed by atoms with van der Waals surface area (Å²) in [5.74, 6) is 1.27. The normalized spacial score (nSPS) is 20.1. The van der Waals surface area contributed by atoms with Crippen LogP contribution in [0.2, 0.25) is 0 Å². The van der Waals surface area contributed by atoms with E-state index in [9.17, 15) is 0 Å². The van der Waals surface area contributed by atoms with Gasteiger partial charge in [-0.25, -0.2) is 4.98 Å². The third-order valence-electron chi connectivity index (χ3n) is 3.38. The second kappa shape index (κ2) is 4.80. The van der Waals surface area contributed by atoms with Gasteiger partial charge in [0.1, 0.15) is 5.82 Å². The molecule has 1 aromatic rings. The Kier molecular flexibility index (Phi) is 3.56. The van der Waals surface area contributed by atoms with E-state index in [0.717, 1.165) is 23.4 Å². The summed E-state index contributed by atoms with van der Waals surface area (Å²) in [6, 6.07) is 0. The van der Waals surface area contributed by atoms with Gasteiger partial charge in [0, 0.05) is 19.3 Å². The molecular weight excluding hydrogens is 280 g/mol. The van der Waals surface area contributed by atoms with E-state index >= 15 is 0 Å². The molecule has 1 aliphatic rings. The van der Waals surface area contributed by atoms with Crippen molar-refractivity contribution in [2.24, 2.45) is 5.41 Å². The Hall–Kier alpha value is -0.840. The van der Waals surface area contributed by atoms with Crippen LogP contribution in [0.3, 0.4) is 0 Å². The Morgan fingerprint density at radius 1 is 1.35 bits per heavy atom. The fraction of sp³-hybridized carbons (Fsp3) is 0.667. The fourth-order valence-electron chi connectivity index (χ4n) is 2.23. The van der Waals surface area contributed by atoms with Crippen LogP contribution in [0.25, 0.3) is 0 Å². The van der Waals surface area contributed by atoms with Crippen LogP contribution in [-0.2, 0) is 0 Å². The topological polar surface area (TPSA) is 55.0 Å². The number of nitrogens with two attached hydrogens (primary N) is 1. The van der Waals surface area contributed by atoms with Crippen LogP contribution in [0.4, 0.5) is 11.8 Å². The quantitative estimate of drug-likeness (QED) is 0.866. The summed E-state index contributed by atoms with van der Waals surface area (Å²) in [5, 5.41) is 0. The standard InChI is InChI=1S/C12H19BrN4/c1-12(2)4-3-6-17(7-5-12)10-9(13)8-15-11(14)16-10/h8H,3-7H2,1-2H3,(H2,14,15,16). The van der Waals surface area contributed by atoms with Gasteiger partial charge in [0.05, 0.1) is 4.47 Å². The fourth-order valence-corrected chi connectivity index (χ4v) is 2.67. The molecule has 1 saturated heterocycles. The van der Waals surface area contributed by atoms with E-state index in [-0.39, 0.29) is 0 Å². The van der Waals surface area contributed by atoms with Gasteiger partial charge in [0.15, 0.2) is 0 Å². The van der Waals surface area contributed by atoms with Gasteiger partial charge in [-0.2, -0.15) is 4.98 Å². The number of nitrogens with zero attached hydrogens (tertiary/aromatic N) is 3. The predicted molar refractivity (Wildman–Crippen MR) is 74.0 cm³/mol. The van der Waals surface area contributed by atoms with E-state index in [1.165, 1.54) is 19.3 Å². The lowest BCUT2D eigenvalue weighted by molar-refractivity contribution is 0.325. The van der Waals surface area contributed by atoms with Crippen molar-refractivity contribution in [2.75, 3.05) is 23.7 Å². The highest BCUT2D eigenvalue weighted by atomic mass is 79.9. The third kappa shape index (κ3) is 3.09. The zero-order valence-electron chi connectivity index (χ0n) is 10.4. The molecule has 0 aromatic carbocycles. The molecule has 0 radical (unpaired) electrons. The molecule has 2 N–H and O–H groups in total. The average molecular weight is 299 g/mol. The van der Waals surface area contributed by atoms with E-state index in [2.05, 4.69) is 44.6 Å². The maximum absolute atomic E-state index is 5.66. The van der Waals surface area contributed by atoms with Gasteiger partial charge in [0.2, 0.25) is 5.95 Å². The molecule has 0 amide bonds. The van der Waals surface area contributed by atoms with Gasteiger partial charge in [0.25, 0.3) is 0 Å². The SMILES string of the molecule is CC1(C)CCCN(c2nc(N)ncc2Br)CC1. The third-order valence-corrected chi connectivity index (χ3v) is 3.94. The highest BCUT2D eigenvalue weighted by Crippen LogP contribution is 2.33. The van der Waals surface area contributed by atoms with Crippen molar-refractivity contribution in [1.82, 2.24) is 9.97 Å². The molecule has 2 heterocycles. The largest absolute Gasteiger partial charge is 0.368 e. The smallest absolute Gasteiger partial charge is 0.222 e. The van der Waals surface area contributed by atoms with Crippen molar-refractivity contribution in [3.63, 3.8) is 0 Å². The maximum atomic E-state index is 5.66. The van der Waals surface area contributed by atoms with Gasteiger partial charge < -0.3 is 10.6 Å². The minimum atomic E-state index is 0.340. The molecule has 4 nitrogen and oxygen atoms in total. The summed E-state index contributed by atoms with van der Waals surface area (Å²) in [7, 11) is 0. The first-order valence-corrected chi connectivity index (χ1v) is 6.80. The summed E-state index contributed by atoms with van der Waals surface area (Å²) in [4.78, 5) is 10.6. The minimum absolute atomic E-state index is 0.340. The Labute approximate surface area is 111 Å². The molecule has 0 bridgehead atoms. The zero-order chi connectivity index (χ0) is 12.5. The number of rotatable bonds is 1. The van der Waals surface area contributed by atoms with E-state index in [0.29, 0.717) is 11.4 Å². The molecule has 94 valence electrons. The van der Waals surface area contributed by atoms with E-state index in [1.54, 1.807) is 6.20 Å². The summed E-state index contributed by atoms with van der Waals surface area (Å²) in [5.41, 5.74) is 6.09. The maximum Gasteiger partial charge on any atom is 0.222 e. The number of halogens is 1. The highest BCUT2D eigenvalue weighted by Gasteiger charge is 2.24. The first-order chi connectivity index (χ1) is 7.98. The first-order valence-electron chi connectivity index (χ1n) is 6.01. The molecule has 17 heavy (non-hydrogen) atoms. The summed E-state index contributed by atoms with van der Waals surface area (Å²) < 4.78 is 0.923. The minimum Gasteiger partial charge on any atom is -0.368 e. The number of hydrogen-bond acceptors (Lipinski definition) is 4. The molecule has 0 spiro atoms. The Balaban J connectivity index is 2.19. The number of hydrogen-bond donors (Lipinski definition) is 1. The number of nitrogen functional groups attached to an aromatic ring is 1. The van der Waals surface area contributed by atoms with E-state index in [4.69, 9.17) is 5.73 Å². The number of aromatic nitrogens is 2. The van der Waals surface area contributed by atoms with Crippen LogP contribution in [0, 0.1) is 5.41 Å². The van der Waals surface area contributed by atoms with E-state index in [1.807, 2.05) is 0 Å². The van der Waals surface area contributed by atoms with Gasteiger partial charge in [-0.05, 0) is 40.6 Å². The van der Waals surface area contributed by atoms with E-state index < -0.39 is 0 Å². The molecule has 1 aromatic heterocycles. The first kappa shape index (κ1) is 12.6.